The highest BCUT2D eigenvalue weighted by atomic mass is 16.1. The summed E-state index contributed by atoms with van der Waals surface area (Å²) in [7, 11) is 0. The summed E-state index contributed by atoms with van der Waals surface area (Å²) in [5.41, 5.74) is 3.98. The van der Waals surface area contributed by atoms with E-state index in [1.165, 1.54) is 0 Å². The lowest BCUT2D eigenvalue weighted by molar-refractivity contribution is 0.111. The van der Waals surface area contributed by atoms with Crippen LogP contribution in [0.2, 0.25) is 0 Å². The summed E-state index contributed by atoms with van der Waals surface area (Å²) in [4.78, 5) is 15.3. The third-order valence-electron chi connectivity index (χ3n) is 2.81. The fourth-order valence-electron chi connectivity index (χ4n) is 1.96. The maximum Gasteiger partial charge on any atom is 0.170 e. The highest BCUT2D eigenvalue weighted by molar-refractivity contribution is 5.74. The highest BCUT2D eigenvalue weighted by Gasteiger charge is 2.07. The molecule has 0 bridgehead atoms. The van der Waals surface area contributed by atoms with Crippen LogP contribution in [0.4, 0.5) is 0 Å². The van der Waals surface area contributed by atoms with E-state index in [0.717, 1.165) is 23.2 Å². The summed E-state index contributed by atoms with van der Waals surface area (Å²) in [6.45, 7) is 1.95. The third kappa shape index (κ3) is 1.68. The number of nitrogens with zero attached hydrogens (tertiary/aromatic N) is 3. The molecule has 0 aliphatic heterocycles. The number of carbonyl (C=O) groups excluding carboxylic acids is 1. The first kappa shape index (κ1) is 10.7. The zero-order chi connectivity index (χ0) is 12.5. The van der Waals surface area contributed by atoms with Crippen LogP contribution in [-0.2, 0) is 0 Å². The molecule has 0 fully saturated rings. The number of rotatable bonds is 2. The number of aromatic nitrogens is 3. The molecule has 0 aliphatic carbocycles. The van der Waals surface area contributed by atoms with Crippen LogP contribution in [0.5, 0.6) is 0 Å². The Hall–Kier alpha value is -2.49. The van der Waals surface area contributed by atoms with Gasteiger partial charge in [0.2, 0.25) is 0 Å². The van der Waals surface area contributed by atoms with E-state index in [2.05, 4.69) is 10.1 Å². The number of carbonyl (C=O) groups is 1. The van der Waals surface area contributed by atoms with Gasteiger partial charge in [0.05, 0.1) is 5.69 Å². The van der Waals surface area contributed by atoms with Gasteiger partial charge in [-0.3, -0.25) is 4.79 Å². The highest BCUT2D eigenvalue weighted by Crippen LogP contribution is 2.19. The first-order valence-electron chi connectivity index (χ1n) is 5.66. The Morgan fingerprint density at radius 1 is 1.17 bits per heavy atom. The van der Waals surface area contributed by atoms with Gasteiger partial charge in [0, 0.05) is 17.3 Å². The molecule has 1 aromatic carbocycles. The van der Waals surface area contributed by atoms with Gasteiger partial charge in [-0.1, -0.05) is 30.3 Å². The fourth-order valence-corrected chi connectivity index (χ4v) is 1.96. The van der Waals surface area contributed by atoms with Crippen molar-refractivity contribution in [1.29, 1.82) is 0 Å². The minimum Gasteiger partial charge on any atom is -0.296 e. The lowest BCUT2D eigenvalue weighted by Gasteiger charge is -2.04. The molecule has 0 unspecified atom stereocenters. The van der Waals surface area contributed by atoms with Gasteiger partial charge in [0.1, 0.15) is 5.69 Å². The van der Waals surface area contributed by atoms with Crippen LogP contribution < -0.4 is 0 Å². The second-order valence-corrected chi connectivity index (χ2v) is 4.11. The molecule has 4 nitrogen and oxygen atoms in total. The molecule has 0 spiro atoms. The summed E-state index contributed by atoms with van der Waals surface area (Å²) < 4.78 is 1.68. The molecular weight excluding hydrogens is 226 g/mol. The Labute approximate surface area is 104 Å². The van der Waals surface area contributed by atoms with E-state index in [4.69, 9.17) is 0 Å². The predicted octanol–water partition coefficient (Wildman–Crippen LogP) is 2.52. The van der Waals surface area contributed by atoms with Gasteiger partial charge in [-0.05, 0) is 13.0 Å². The Bertz CT molecular complexity index is 716. The van der Waals surface area contributed by atoms with Gasteiger partial charge in [-0.25, -0.2) is 9.50 Å². The zero-order valence-electron chi connectivity index (χ0n) is 9.87. The fraction of sp³-hybridized carbons (Fsp3) is 0.0714. The zero-order valence-corrected chi connectivity index (χ0v) is 9.87. The number of benzene rings is 1. The van der Waals surface area contributed by atoms with Gasteiger partial charge in [-0.2, -0.15) is 5.10 Å². The van der Waals surface area contributed by atoms with E-state index in [9.17, 15) is 4.79 Å². The molecule has 0 saturated carbocycles. The van der Waals surface area contributed by atoms with Crippen LogP contribution in [0.25, 0.3) is 16.9 Å². The minimum absolute atomic E-state index is 0.399. The van der Waals surface area contributed by atoms with Crippen LogP contribution in [0.15, 0.2) is 42.5 Å². The van der Waals surface area contributed by atoms with Crippen molar-refractivity contribution < 1.29 is 4.79 Å². The van der Waals surface area contributed by atoms with Crippen molar-refractivity contribution in [3.8, 4) is 11.3 Å². The molecule has 2 aromatic heterocycles. The average molecular weight is 237 g/mol. The first-order chi connectivity index (χ1) is 8.78. The number of hydrogen-bond acceptors (Lipinski definition) is 3. The number of hydrogen-bond donors (Lipinski definition) is 0. The van der Waals surface area contributed by atoms with Gasteiger partial charge in [0.25, 0.3) is 0 Å². The van der Waals surface area contributed by atoms with Crippen molar-refractivity contribution in [3.05, 3.63) is 53.9 Å². The van der Waals surface area contributed by atoms with E-state index in [-0.39, 0.29) is 0 Å². The predicted molar refractivity (Wildman–Crippen MR) is 68.5 cm³/mol. The molecule has 0 amide bonds. The molecule has 0 saturated heterocycles. The Kier molecular flexibility index (Phi) is 2.41. The van der Waals surface area contributed by atoms with Crippen LogP contribution in [0.1, 0.15) is 16.2 Å². The van der Waals surface area contributed by atoms with E-state index < -0.39 is 0 Å². The van der Waals surface area contributed by atoms with Crippen molar-refractivity contribution in [1.82, 2.24) is 14.6 Å². The molecular formula is C14H11N3O. The smallest absolute Gasteiger partial charge is 0.170 e. The van der Waals surface area contributed by atoms with Crippen molar-refractivity contribution in [3.63, 3.8) is 0 Å². The molecule has 4 heteroatoms. The second-order valence-electron chi connectivity index (χ2n) is 4.11. The summed E-state index contributed by atoms with van der Waals surface area (Å²) in [6.07, 6.45) is 0.732. The number of fused-ring (bicyclic) bond motifs is 1. The van der Waals surface area contributed by atoms with E-state index in [1.54, 1.807) is 10.6 Å². The summed E-state index contributed by atoms with van der Waals surface area (Å²) in [5, 5.41) is 4.15. The van der Waals surface area contributed by atoms with Gasteiger partial charge >= 0.3 is 0 Å². The Morgan fingerprint density at radius 3 is 2.67 bits per heavy atom. The summed E-state index contributed by atoms with van der Waals surface area (Å²) >= 11 is 0. The van der Waals surface area contributed by atoms with Gasteiger partial charge in [0.15, 0.2) is 11.9 Å². The first-order valence-corrected chi connectivity index (χ1v) is 5.66. The largest absolute Gasteiger partial charge is 0.296 e. The molecule has 3 aromatic rings. The standard InChI is InChI=1S/C14H11N3O/c1-10-7-13(11-5-3-2-4-6-11)15-14-8-12(9-18)16-17(10)14/h2-9H,1H3. The molecule has 2 heterocycles. The van der Waals surface area contributed by atoms with Crippen molar-refractivity contribution in [2.75, 3.05) is 0 Å². The molecule has 0 radical (unpaired) electrons. The molecule has 18 heavy (non-hydrogen) atoms. The lowest BCUT2D eigenvalue weighted by atomic mass is 10.1. The Morgan fingerprint density at radius 2 is 1.94 bits per heavy atom. The van der Waals surface area contributed by atoms with E-state index >= 15 is 0 Å². The molecule has 0 aliphatic rings. The monoisotopic (exact) mass is 237 g/mol. The number of aldehydes is 1. The second kappa shape index (κ2) is 4.07. The maximum absolute atomic E-state index is 10.7. The molecule has 3 rings (SSSR count). The van der Waals surface area contributed by atoms with Crippen molar-refractivity contribution in [2.24, 2.45) is 0 Å². The van der Waals surface area contributed by atoms with Gasteiger partial charge in [-0.15, -0.1) is 0 Å². The van der Waals surface area contributed by atoms with Crippen LogP contribution >= 0.6 is 0 Å². The summed E-state index contributed by atoms with van der Waals surface area (Å²) in [5.74, 6) is 0. The van der Waals surface area contributed by atoms with Crippen LogP contribution in [0.3, 0.4) is 0 Å². The normalized spacial score (nSPS) is 10.7. The molecule has 88 valence electrons. The maximum atomic E-state index is 10.7. The van der Waals surface area contributed by atoms with E-state index in [0.29, 0.717) is 11.3 Å². The third-order valence-corrected chi connectivity index (χ3v) is 2.81. The molecule has 0 atom stereocenters. The SMILES string of the molecule is Cc1cc(-c2ccccc2)nc2cc(C=O)nn12. The lowest BCUT2D eigenvalue weighted by Crippen LogP contribution is -1.97. The average Bonchev–Trinajstić information content (AvgIpc) is 2.83. The molecule has 0 N–H and O–H groups in total. The quantitative estimate of drug-likeness (QED) is 0.643. The summed E-state index contributed by atoms with van der Waals surface area (Å²) in [6, 6.07) is 13.6. The Balaban J connectivity index is 2.24. The van der Waals surface area contributed by atoms with Crippen molar-refractivity contribution >= 4 is 11.9 Å². The topological polar surface area (TPSA) is 47.3 Å². The minimum atomic E-state index is 0.399. The number of aryl methyl sites for hydroxylation is 1. The van der Waals surface area contributed by atoms with Crippen LogP contribution in [-0.4, -0.2) is 20.9 Å². The van der Waals surface area contributed by atoms with E-state index in [1.807, 2.05) is 43.3 Å². The van der Waals surface area contributed by atoms with Crippen LogP contribution in [0, 0.1) is 6.92 Å². The van der Waals surface area contributed by atoms with Gasteiger partial charge < -0.3 is 0 Å². The van der Waals surface area contributed by atoms with Crippen molar-refractivity contribution in [2.45, 2.75) is 6.92 Å².